The van der Waals surface area contributed by atoms with Crippen molar-refractivity contribution >= 4 is 27.5 Å². The molecule has 18 heavy (non-hydrogen) atoms. The van der Waals surface area contributed by atoms with Crippen molar-refractivity contribution in [1.29, 1.82) is 0 Å². The van der Waals surface area contributed by atoms with Gasteiger partial charge in [-0.1, -0.05) is 21.1 Å². The SMILES string of the molecule is COc1ccc(Br)cc1NC(=O)c1cc(C)on1. The smallest absolute Gasteiger partial charge is 0.277 e. The van der Waals surface area contributed by atoms with Gasteiger partial charge in [0.15, 0.2) is 5.69 Å². The quantitative estimate of drug-likeness (QED) is 0.946. The van der Waals surface area contributed by atoms with Crippen LogP contribution in [0.4, 0.5) is 5.69 Å². The highest BCUT2D eigenvalue weighted by molar-refractivity contribution is 9.10. The first-order chi connectivity index (χ1) is 8.60. The lowest BCUT2D eigenvalue weighted by Gasteiger charge is -2.09. The van der Waals surface area contributed by atoms with Gasteiger partial charge in [-0.3, -0.25) is 4.79 Å². The van der Waals surface area contributed by atoms with Crippen molar-refractivity contribution in [3.05, 3.63) is 40.2 Å². The summed E-state index contributed by atoms with van der Waals surface area (Å²) >= 11 is 3.33. The number of nitrogens with one attached hydrogen (secondary N) is 1. The fourth-order valence-electron chi connectivity index (χ4n) is 1.44. The van der Waals surface area contributed by atoms with Crippen LogP contribution >= 0.6 is 15.9 Å². The van der Waals surface area contributed by atoms with Gasteiger partial charge < -0.3 is 14.6 Å². The zero-order valence-corrected chi connectivity index (χ0v) is 11.4. The summed E-state index contributed by atoms with van der Waals surface area (Å²) in [4.78, 5) is 11.9. The molecule has 0 unspecified atom stereocenters. The lowest BCUT2D eigenvalue weighted by atomic mass is 10.2. The topological polar surface area (TPSA) is 64.4 Å². The maximum absolute atomic E-state index is 11.9. The Morgan fingerprint density at radius 2 is 2.22 bits per heavy atom. The Labute approximate surface area is 112 Å². The van der Waals surface area contributed by atoms with Crippen LogP contribution in [0.1, 0.15) is 16.2 Å². The molecule has 0 atom stereocenters. The van der Waals surface area contributed by atoms with E-state index in [4.69, 9.17) is 9.26 Å². The summed E-state index contributed by atoms with van der Waals surface area (Å²) in [7, 11) is 1.54. The molecule has 1 amide bonds. The van der Waals surface area contributed by atoms with Crippen LogP contribution in [0, 0.1) is 6.92 Å². The highest BCUT2D eigenvalue weighted by Gasteiger charge is 2.13. The molecule has 0 bridgehead atoms. The molecular weight excluding hydrogens is 300 g/mol. The molecule has 0 aliphatic carbocycles. The number of benzene rings is 1. The van der Waals surface area contributed by atoms with E-state index in [1.165, 1.54) is 0 Å². The van der Waals surface area contributed by atoms with Crippen LogP contribution in [0.5, 0.6) is 5.75 Å². The Morgan fingerprint density at radius 1 is 1.44 bits per heavy atom. The predicted molar refractivity (Wildman–Crippen MR) is 69.9 cm³/mol. The number of anilines is 1. The van der Waals surface area contributed by atoms with E-state index in [2.05, 4.69) is 26.4 Å². The Hall–Kier alpha value is -1.82. The Balaban J connectivity index is 2.23. The average Bonchev–Trinajstić information content (AvgIpc) is 2.76. The monoisotopic (exact) mass is 310 g/mol. The molecule has 0 aliphatic heterocycles. The molecule has 0 radical (unpaired) electrons. The number of hydrogen-bond acceptors (Lipinski definition) is 4. The fraction of sp³-hybridized carbons (Fsp3) is 0.167. The van der Waals surface area contributed by atoms with Gasteiger partial charge in [-0.05, 0) is 25.1 Å². The van der Waals surface area contributed by atoms with Crippen LogP contribution in [0.3, 0.4) is 0 Å². The van der Waals surface area contributed by atoms with Crippen molar-refractivity contribution in [2.75, 3.05) is 12.4 Å². The average molecular weight is 311 g/mol. The van der Waals surface area contributed by atoms with E-state index in [1.807, 2.05) is 6.07 Å². The molecule has 2 aromatic rings. The normalized spacial score (nSPS) is 10.2. The lowest BCUT2D eigenvalue weighted by molar-refractivity contribution is 0.101. The second-order valence-corrected chi connectivity index (χ2v) is 4.54. The molecule has 1 aromatic carbocycles. The zero-order chi connectivity index (χ0) is 13.1. The molecule has 6 heteroatoms. The van der Waals surface area contributed by atoms with Crippen LogP contribution < -0.4 is 10.1 Å². The standard InChI is InChI=1S/C12H11BrN2O3/c1-7-5-10(15-18-7)12(16)14-9-6-8(13)3-4-11(9)17-2/h3-6H,1-2H3,(H,14,16). The van der Waals surface area contributed by atoms with Crippen LogP contribution in [-0.2, 0) is 0 Å². The van der Waals surface area contributed by atoms with E-state index in [9.17, 15) is 4.79 Å². The van der Waals surface area contributed by atoms with Crippen LogP contribution in [0.25, 0.3) is 0 Å². The number of carbonyl (C=O) groups is 1. The number of ether oxygens (including phenoxy) is 1. The highest BCUT2D eigenvalue weighted by atomic mass is 79.9. The molecule has 0 spiro atoms. The summed E-state index contributed by atoms with van der Waals surface area (Å²) in [6.45, 7) is 1.73. The minimum Gasteiger partial charge on any atom is -0.495 e. The number of aromatic nitrogens is 1. The third-order valence-electron chi connectivity index (χ3n) is 2.27. The Kier molecular flexibility index (Phi) is 3.66. The summed E-state index contributed by atoms with van der Waals surface area (Å²) in [5, 5.41) is 6.37. The molecule has 0 aliphatic rings. The first kappa shape index (κ1) is 12.6. The largest absolute Gasteiger partial charge is 0.495 e. The number of rotatable bonds is 3. The van der Waals surface area contributed by atoms with Crippen LogP contribution in [0.15, 0.2) is 33.3 Å². The molecule has 1 heterocycles. The van der Waals surface area contributed by atoms with Gasteiger partial charge in [0.1, 0.15) is 11.5 Å². The summed E-state index contributed by atoms with van der Waals surface area (Å²) in [5.74, 6) is 0.816. The van der Waals surface area contributed by atoms with E-state index >= 15 is 0 Å². The van der Waals surface area contributed by atoms with Gasteiger partial charge in [0, 0.05) is 10.5 Å². The van der Waals surface area contributed by atoms with Crippen LogP contribution in [0.2, 0.25) is 0 Å². The van der Waals surface area contributed by atoms with Crippen molar-refractivity contribution < 1.29 is 14.1 Å². The predicted octanol–water partition coefficient (Wildman–Crippen LogP) is 3.01. The molecule has 0 saturated heterocycles. The number of methoxy groups -OCH3 is 1. The highest BCUT2D eigenvalue weighted by Crippen LogP contribution is 2.28. The van der Waals surface area contributed by atoms with E-state index in [0.29, 0.717) is 17.2 Å². The minimum atomic E-state index is -0.344. The number of nitrogens with zero attached hydrogens (tertiary/aromatic N) is 1. The van der Waals surface area contributed by atoms with Gasteiger partial charge in [0.05, 0.1) is 12.8 Å². The molecular formula is C12H11BrN2O3. The Bertz CT molecular complexity index is 580. The number of amides is 1. The van der Waals surface area contributed by atoms with Gasteiger partial charge in [0.25, 0.3) is 5.91 Å². The molecule has 2 rings (SSSR count). The fourth-order valence-corrected chi connectivity index (χ4v) is 1.80. The molecule has 0 saturated carbocycles. The third kappa shape index (κ3) is 2.70. The zero-order valence-electron chi connectivity index (χ0n) is 9.86. The summed E-state index contributed by atoms with van der Waals surface area (Å²) < 4.78 is 10.9. The van der Waals surface area contributed by atoms with Gasteiger partial charge in [0.2, 0.25) is 0 Å². The number of aryl methyl sites for hydroxylation is 1. The maximum atomic E-state index is 11.9. The van der Waals surface area contributed by atoms with E-state index in [-0.39, 0.29) is 11.6 Å². The van der Waals surface area contributed by atoms with Gasteiger partial charge >= 0.3 is 0 Å². The second kappa shape index (κ2) is 5.22. The minimum absolute atomic E-state index is 0.231. The van der Waals surface area contributed by atoms with Crippen molar-refractivity contribution in [2.45, 2.75) is 6.92 Å². The van der Waals surface area contributed by atoms with E-state index in [1.54, 1.807) is 32.2 Å². The number of hydrogen-bond donors (Lipinski definition) is 1. The number of carbonyl (C=O) groups excluding carboxylic acids is 1. The molecule has 1 aromatic heterocycles. The van der Waals surface area contributed by atoms with Crippen molar-refractivity contribution in [3.63, 3.8) is 0 Å². The molecule has 5 nitrogen and oxygen atoms in total. The summed E-state index contributed by atoms with van der Waals surface area (Å²) in [6, 6.07) is 6.91. The molecule has 94 valence electrons. The lowest BCUT2D eigenvalue weighted by Crippen LogP contribution is -2.13. The number of halogens is 1. The summed E-state index contributed by atoms with van der Waals surface area (Å²) in [5.41, 5.74) is 0.798. The van der Waals surface area contributed by atoms with E-state index < -0.39 is 0 Å². The maximum Gasteiger partial charge on any atom is 0.277 e. The molecule has 0 fully saturated rings. The van der Waals surface area contributed by atoms with Gasteiger partial charge in [-0.25, -0.2) is 0 Å². The molecule has 1 N–H and O–H groups in total. The van der Waals surface area contributed by atoms with E-state index in [0.717, 1.165) is 4.47 Å². The third-order valence-corrected chi connectivity index (χ3v) is 2.76. The second-order valence-electron chi connectivity index (χ2n) is 3.62. The van der Waals surface area contributed by atoms with Crippen molar-refractivity contribution in [2.24, 2.45) is 0 Å². The first-order valence-corrected chi connectivity index (χ1v) is 5.97. The van der Waals surface area contributed by atoms with Crippen LogP contribution in [-0.4, -0.2) is 18.2 Å². The van der Waals surface area contributed by atoms with Crippen molar-refractivity contribution in [3.8, 4) is 5.75 Å². The summed E-state index contributed by atoms with van der Waals surface area (Å²) in [6.07, 6.45) is 0. The van der Waals surface area contributed by atoms with Crippen molar-refractivity contribution in [1.82, 2.24) is 5.16 Å². The van der Waals surface area contributed by atoms with Gasteiger partial charge in [-0.2, -0.15) is 0 Å². The van der Waals surface area contributed by atoms with Gasteiger partial charge in [-0.15, -0.1) is 0 Å². The Morgan fingerprint density at radius 3 is 2.83 bits per heavy atom. The first-order valence-electron chi connectivity index (χ1n) is 5.18.